The second-order valence-corrected chi connectivity index (χ2v) is 4.60. The molecule has 0 saturated carbocycles. The van der Waals surface area contributed by atoms with Crippen LogP contribution in [0.1, 0.15) is 32.5 Å². The van der Waals surface area contributed by atoms with E-state index in [0.29, 0.717) is 19.4 Å². The van der Waals surface area contributed by atoms with Crippen LogP contribution in [0.2, 0.25) is 0 Å². The number of carboxylic acid groups (broad SMARTS) is 1. The molecule has 2 aromatic rings. The molecule has 0 saturated heterocycles. The van der Waals surface area contributed by atoms with Gasteiger partial charge in [0.25, 0.3) is 0 Å². The highest BCUT2D eigenvalue weighted by atomic mass is 16.5. The molecule has 0 unspecified atom stereocenters. The molecule has 0 amide bonds. The molecule has 1 N–H and O–H groups in total. The topological polar surface area (TPSA) is 64.3 Å². The van der Waals surface area contributed by atoms with E-state index in [1.807, 2.05) is 25.1 Å². The van der Waals surface area contributed by atoms with Crippen molar-refractivity contribution in [2.24, 2.45) is 0 Å². The number of ether oxygens (including phenoxy) is 1. The van der Waals surface area contributed by atoms with E-state index in [9.17, 15) is 4.79 Å². The van der Waals surface area contributed by atoms with Gasteiger partial charge in [0.15, 0.2) is 0 Å². The standard InChI is InChI=1S/C15H20N2O3/c1-3-17-13-9-8-11(20-4-2)10-12(13)16-14(17)6-5-7-15(18)19/h8-10H,3-7H2,1-2H3,(H,18,19). The van der Waals surface area contributed by atoms with Gasteiger partial charge < -0.3 is 14.4 Å². The first-order valence-corrected chi connectivity index (χ1v) is 6.99. The van der Waals surface area contributed by atoms with Crippen molar-refractivity contribution >= 4 is 17.0 Å². The molecule has 5 nitrogen and oxygen atoms in total. The summed E-state index contributed by atoms with van der Waals surface area (Å²) in [5.74, 6) is 0.998. The monoisotopic (exact) mass is 276 g/mol. The molecule has 5 heteroatoms. The van der Waals surface area contributed by atoms with Crippen LogP contribution in [0.5, 0.6) is 5.75 Å². The summed E-state index contributed by atoms with van der Waals surface area (Å²) in [7, 11) is 0. The SMILES string of the molecule is CCOc1ccc2c(c1)nc(CCCC(=O)O)n2CC. The van der Waals surface area contributed by atoms with Crippen molar-refractivity contribution in [2.75, 3.05) is 6.61 Å². The number of hydrogen-bond donors (Lipinski definition) is 1. The second kappa shape index (κ2) is 6.41. The number of carbonyl (C=O) groups is 1. The van der Waals surface area contributed by atoms with Crippen molar-refractivity contribution in [3.8, 4) is 5.75 Å². The highest BCUT2D eigenvalue weighted by Crippen LogP contribution is 2.22. The number of aromatic nitrogens is 2. The van der Waals surface area contributed by atoms with Crippen molar-refractivity contribution in [1.82, 2.24) is 9.55 Å². The van der Waals surface area contributed by atoms with Gasteiger partial charge in [-0.25, -0.2) is 4.98 Å². The van der Waals surface area contributed by atoms with Crippen molar-refractivity contribution in [1.29, 1.82) is 0 Å². The Morgan fingerprint density at radius 1 is 1.40 bits per heavy atom. The highest BCUT2D eigenvalue weighted by molar-refractivity contribution is 5.77. The minimum atomic E-state index is -0.761. The average Bonchev–Trinajstić information content (AvgIpc) is 2.75. The van der Waals surface area contributed by atoms with Gasteiger partial charge in [-0.05, 0) is 32.4 Å². The Kier molecular flexibility index (Phi) is 4.61. The summed E-state index contributed by atoms with van der Waals surface area (Å²) in [6.07, 6.45) is 1.47. The molecule has 1 heterocycles. The Labute approximate surface area is 118 Å². The van der Waals surface area contributed by atoms with E-state index in [4.69, 9.17) is 9.84 Å². The molecular weight excluding hydrogens is 256 g/mol. The number of aryl methyl sites for hydroxylation is 2. The van der Waals surface area contributed by atoms with E-state index in [1.165, 1.54) is 0 Å². The first kappa shape index (κ1) is 14.4. The lowest BCUT2D eigenvalue weighted by Crippen LogP contribution is -2.03. The van der Waals surface area contributed by atoms with Gasteiger partial charge in [-0.1, -0.05) is 0 Å². The Bertz CT molecular complexity index is 604. The predicted octanol–water partition coefficient (Wildman–Crippen LogP) is 2.86. The number of carboxylic acids is 1. The Hall–Kier alpha value is -2.04. The van der Waals surface area contributed by atoms with Gasteiger partial charge in [-0.15, -0.1) is 0 Å². The van der Waals surface area contributed by atoms with Crippen LogP contribution in [0, 0.1) is 0 Å². The van der Waals surface area contributed by atoms with Crippen LogP contribution in [0.15, 0.2) is 18.2 Å². The maximum Gasteiger partial charge on any atom is 0.303 e. The van der Waals surface area contributed by atoms with Crippen LogP contribution >= 0.6 is 0 Å². The zero-order chi connectivity index (χ0) is 14.5. The van der Waals surface area contributed by atoms with E-state index >= 15 is 0 Å². The van der Waals surface area contributed by atoms with E-state index in [1.54, 1.807) is 0 Å². The number of benzene rings is 1. The summed E-state index contributed by atoms with van der Waals surface area (Å²) in [6.45, 7) is 5.47. The molecule has 0 fully saturated rings. The van der Waals surface area contributed by atoms with E-state index in [-0.39, 0.29) is 6.42 Å². The lowest BCUT2D eigenvalue weighted by Gasteiger charge is -2.06. The molecule has 0 atom stereocenters. The third-order valence-corrected chi connectivity index (χ3v) is 3.22. The zero-order valence-electron chi connectivity index (χ0n) is 11.9. The van der Waals surface area contributed by atoms with Gasteiger partial charge in [0.2, 0.25) is 0 Å². The zero-order valence-corrected chi connectivity index (χ0v) is 11.9. The third-order valence-electron chi connectivity index (χ3n) is 3.22. The number of imidazole rings is 1. The first-order chi connectivity index (χ1) is 9.65. The van der Waals surface area contributed by atoms with Crippen molar-refractivity contribution in [3.63, 3.8) is 0 Å². The number of aliphatic carboxylic acids is 1. The molecule has 20 heavy (non-hydrogen) atoms. The molecule has 108 valence electrons. The van der Waals surface area contributed by atoms with Crippen LogP contribution in [-0.2, 0) is 17.8 Å². The maximum atomic E-state index is 10.6. The number of nitrogens with zero attached hydrogens (tertiary/aromatic N) is 2. The number of hydrogen-bond acceptors (Lipinski definition) is 3. The molecule has 0 aliphatic rings. The van der Waals surface area contributed by atoms with Crippen molar-refractivity contribution in [2.45, 2.75) is 39.7 Å². The van der Waals surface area contributed by atoms with Crippen molar-refractivity contribution in [3.05, 3.63) is 24.0 Å². The van der Waals surface area contributed by atoms with Crippen LogP contribution < -0.4 is 4.74 Å². The first-order valence-electron chi connectivity index (χ1n) is 6.99. The fourth-order valence-corrected chi connectivity index (χ4v) is 2.36. The Balaban J connectivity index is 2.27. The molecule has 1 aromatic carbocycles. The Morgan fingerprint density at radius 2 is 2.20 bits per heavy atom. The number of rotatable bonds is 7. The molecular formula is C15H20N2O3. The molecule has 2 rings (SSSR count). The van der Waals surface area contributed by atoms with Gasteiger partial charge in [-0.3, -0.25) is 4.79 Å². The quantitative estimate of drug-likeness (QED) is 0.844. The second-order valence-electron chi connectivity index (χ2n) is 4.60. The van der Waals surface area contributed by atoms with Gasteiger partial charge >= 0.3 is 5.97 Å². The van der Waals surface area contributed by atoms with E-state index in [2.05, 4.69) is 16.5 Å². The largest absolute Gasteiger partial charge is 0.494 e. The van der Waals surface area contributed by atoms with Crippen LogP contribution in [0.4, 0.5) is 0 Å². The summed E-state index contributed by atoms with van der Waals surface area (Å²) in [5, 5.41) is 8.71. The molecule has 0 aliphatic heterocycles. The van der Waals surface area contributed by atoms with Crippen LogP contribution in [0.3, 0.4) is 0 Å². The normalized spacial score (nSPS) is 10.9. The third kappa shape index (κ3) is 3.10. The Morgan fingerprint density at radius 3 is 2.85 bits per heavy atom. The number of fused-ring (bicyclic) bond motifs is 1. The molecule has 0 bridgehead atoms. The lowest BCUT2D eigenvalue weighted by atomic mass is 10.2. The summed E-state index contributed by atoms with van der Waals surface area (Å²) in [4.78, 5) is 15.2. The minimum absolute atomic E-state index is 0.178. The summed E-state index contributed by atoms with van der Waals surface area (Å²) in [5.41, 5.74) is 1.98. The lowest BCUT2D eigenvalue weighted by molar-refractivity contribution is -0.137. The van der Waals surface area contributed by atoms with Gasteiger partial charge in [-0.2, -0.15) is 0 Å². The maximum absolute atomic E-state index is 10.6. The molecule has 0 aliphatic carbocycles. The molecule has 0 radical (unpaired) electrons. The van der Waals surface area contributed by atoms with Crippen LogP contribution in [0.25, 0.3) is 11.0 Å². The van der Waals surface area contributed by atoms with Crippen LogP contribution in [-0.4, -0.2) is 27.2 Å². The predicted molar refractivity (Wildman–Crippen MR) is 77.1 cm³/mol. The van der Waals surface area contributed by atoms with Gasteiger partial charge in [0, 0.05) is 25.5 Å². The summed E-state index contributed by atoms with van der Waals surface area (Å²) in [6, 6.07) is 5.89. The highest BCUT2D eigenvalue weighted by Gasteiger charge is 2.10. The van der Waals surface area contributed by atoms with Crippen molar-refractivity contribution < 1.29 is 14.6 Å². The smallest absolute Gasteiger partial charge is 0.303 e. The van der Waals surface area contributed by atoms with Gasteiger partial charge in [0.1, 0.15) is 11.6 Å². The molecule has 1 aromatic heterocycles. The summed E-state index contributed by atoms with van der Waals surface area (Å²) < 4.78 is 7.61. The average molecular weight is 276 g/mol. The van der Waals surface area contributed by atoms with E-state index in [0.717, 1.165) is 29.2 Å². The molecule has 0 spiro atoms. The minimum Gasteiger partial charge on any atom is -0.494 e. The fourth-order valence-electron chi connectivity index (χ4n) is 2.36. The van der Waals surface area contributed by atoms with Gasteiger partial charge in [0.05, 0.1) is 17.6 Å². The van der Waals surface area contributed by atoms with E-state index < -0.39 is 5.97 Å². The summed E-state index contributed by atoms with van der Waals surface area (Å²) >= 11 is 0. The fraction of sp³-hybridized carbons (Fsp3) is 0.467.